The third-order valence-corrected chi connectivity index (χ3v) is 4.75. The molecule has 0 radical (unpaired) electrons. The molecule has 4 rings (SSSR count). The number of fused-ring (bicyclic) bond motifs is 1. The molecule has 22 heavy (non-hydrogen) atoms. The van der Waals surface area contributed by atoms with Crippen LogP contribution in [0.2, 0.25) is 0 Å². The van der Waals surface area contributed by atoms with Crippen molar-refractivity contribution in [3.05, 3.63) is 47.0 Å². The molecule has 2 fully saturated rings. The Morgan fingerprint density at radius 1 is 1.41 bits per heavy atom. The average Bonchev–Trinajstić information content (AvgIpc) is 2.89. The van der Waals surface area contributed by atoms with Crippen molar-refractivity contribution in [2.24, 2.45) is 11.8 Å². The molecule has 1 aliphatic carbocycles. The lowest BCUT2D eigenvalue weighted by atomic mass is 10.1. The Balaban J connectivity index is 1.50. The third-order valence-electron chi connectivity index (χ3n) is 4.75. The summed E-state index contributed by atoms with van der Waals surface area (Å²) in [6.07, 6.45) is 3.24. The summed E-state index contributed by atoms with van der Waals surface area (Å²) in [7, 11) is 0. The first kappa shape index (κ1) is 13.4. The number of aromatic carboxylic acids is 1. The number of hydrogen-bond acceptors (Lipinski definition) is 4. The van der Waals surface area contributed by atoms with Gasteiger partial charge in [-0.1, -0.05) is 6.07 Å². The molecule has 1 aliphatic heterocycles. The maximum absolute atomic E-state index is 10.9. The van der Waals surface area contributed by atoms with Crippen molar-refractivity contribution in [3.63, 3.8) is 0 Å². The number of pyridine rings is 1. The molecule has 5 nitrogen and oxygen atoms in total. The minimum atomic E-state index is -0.965. The number of carboxylic acids is 1. The van der Waals surface area contributed by atoms with Gasteiger partial charge in [-0.2, -0.15) is 0 Å². The molecule has 0 spiro atoms. The molecule has 0 amide bonds. The summed E-state index contributed by atoms with van der Waals surface area (Å²) in [5.74, 6) is 2.52. The fourth-order valence-corrected chi connectivity index (χ4v) is 3.30. The highest BCUT2D eigenvalue weighted by atomic mass is 16.4. The van der Waals surface area contributed by atoms with Crippen LogP contribution < -0.4 is 4.90 Å². The lowest BCUT2D eigenvalue weighted by Crippen LogP contribution is -2.23. The van der Waals surface area contributed by atoms with Gasteiger partial charge in [0.25, 0.3) is 0 Å². The van der Waals surface area contributed by atoms with E-state index in [9.17, 15) is 4.79 Å². The van der Waals surface area contributed by atoms with E-state index in [1.807, 2.05) is 6.92 Å². The minimum absolute atomic E-state index is 0.188. The zero-order chi connectivity index (χ0) is 15.3. The van der Waals surface area contributed by atoms with Crippen molar-refractivity contribution in [2.45, 2.75) is 19.8 Å². The van der Waals surface area contributed by atoms with E-state index in [2.05, 4.69) is 17.0 Å². The van der Waals surface area contributed by atoms with Gasteiger partial charge < -0.3 is 14.4 Å². The molecule has 1 saturated heterocycles. The third kappa shape index (κ3) is 2.36. The second kappa shape index (κ2) is 4.87. The van der Waals surface area contributed by atoms with Gasteiger partial charge in [0.05, 0.1) is 5.56 Å². The molecule has 2 atom stereocenters. The van der Waals surface area contributed by atoms with E-state index in [4.69, 9.17) is 14.5 Å². The highest BCUT2D eigenvalue weighted by Crippen LogP contribution is 2.45. The highest BCUT2D eigenvalue weighted by Gasteiger charge is 2.45. The van der Waals surface area contributed by atoms with Gasteiger partial charge >= 0.3 is 5.97 Å². The van der Waals surface area contributed by atoms with Gasteiger partial charge in [-0.25, -0.2) is 9.78 Å². The summed E-state index contributed by atoms with van der Waals surface area (Å²) in [6.45, 7) is 4.27. The maximum Gasteiger partial charge on any atom is 0.338 e. The number of hydrogen-bond donors (Lipinski definition) is 1. The van der Waals surface area contributed by atoms with Gasteiger partial charge in [0.15, 0.2) is 0 Å². The fourth-order valence-electron chi connectivity index (χ4n) is 3.30. The number of aryl methyl sites for hydroxylation is 1. The molecule has 2 aromatic rings. The van der Waals surface area contributed by atoms with Crippen molar-refractivity contribution in [1.82, 2.24) is 4.98 Å². The largest absolute Gasteiger partial charge is 0.478 e. The van der Waals surface area contributed by atoms with Crippen molar-refractivity contribution in [2.75, 3.05) is 18.0 Å². The van der Waals surface area contributed by atoms with Crippen LogP contribution in [0, 0.1) is 18.8 Å². The van der Waals surface area contributed by atoms with Gasteiger partial charge in [-0.15, -0.1) is 0 Å². The molecule has 5 heteroatoms. The smallest absolute Gasteiger partial charge is 0.338 e. The van der Waals surface area contributed by atoms with Gasteiger partial charge in [0.2, 0.25) is 0 Å². The first-order valence-electron chi connectivity index (χ1n) is 7.62. The van der Waals surface area contributed by atoms with Crippen LogP contribution in [-0.2, 0) is 6.42 Å². The summed E-state index contributed by atoms with van der Waals surface area (Å²) >= 11 is 0. The van der Waals surface area contributed by atoms with Crippen LogP contribution in [0.1, 0.15) is 33.8 Å². The second-order valence-electron chi connectivity index (χ2n) is 6.36. The van der Waals surface area contributed by atoms with Crippen molar-refractivity contribution >= 4 is 11.8 Å². The molecule has 114 valence electrons. The molecule has 1 N–H and O–H groups in total. The summed E-state index contributed by atoms with van der Waals surface area (Å²) in [5, 5.41) is 8.92. The summed E-state index contributed by atoms with van der Waals surface area (Å²) in [6, 6.07) is 5.71. The molecular weight excluding hydrogens is 280 g/mol. The molecular formula is C17H18N2O3. The van der Waals surface area contributed by atoms with Crippen LogP contribution in [-0.4, -0.2) is 29.1 Å². The van der Waals surface area contributed by atoms with Gasteiger partial charge in [0.1, 0.15) is 17.8 Å². The summed E-state index contributed by atoms with van der Waals surface area (Å²) in [4.78, 5) is 18.0. The topological polar surface area (TPSA) is 66.6 Å². The normalized spacial score (nSPS) is 22.7. The van der Waals surface area contributed by atoms with Crippen molar-refractivity contribution in [3.8, 4) is 0 Å². The predicted octanol–water partition coefficient (Wildman–Crippen LogP) is 2.73. The molecule has 1 saturated carbocycles. The van der Waals surface area contributed by atoms with Crippen LogP contribution in [0.4, 0.5) is 5.82 Å². The zero-order valence-corrected chi connectivity index (χ0v) is 12.5. The Labute approximate surface area is 128 Å². The summed E-state index contributed by atoms with van der Waals surface area (Å²) in [5.41, 5.74) is 2.24. The van der Waals surface area contributed by atoms with Crippen molar-refractivity contribution in [1.29, 1.82) is 0 Å². The van der Waals surface area contributed by atoms with Crippen molar-refractivity contribution < 1.29 is 14.3 Å². The van der Waals surface area contributed by atoms with E-state index in [-0.39, 0.29) is 5.56 Å². The fraction of sp³-hybridized carbons (Fsp3) is 0.412. The monoisotopic (exact) mass is 298 g/mol. The Bertz CT molecular complexity index is 727. The minimum Gasteiger partial charge on any atom is -0.478 e. The van der Waals surface area contributed by atoms with E-state index in [0.29, 0.717) is 12.2 Å². The molecule has 2 aliphatic rings. The van der Waals surface area contributed by atoms with Crippen LogP contribution in [0.15, 0.2) is 28.9 Å². The van der Waals surface area contributed by atoms with E-state index >= 15 is 0 Å². The molecule has 0 aromatic carbocycles. The second-order valence-corrected chi connectivity index (χ2v) is 6.36. The van der Waals surface area contributed by atoms with Crippen LogP contribution >= 0.6 is 0 Å². The Hall–Kier alpha value is -2.30. The quantitative estimate of drug-likeness (QED) is 0.940. The molecule has 2 unspecified atom stereocenters. The molecule has 3 heterocycles. The van der Waals surface area contributed by atoms with Gasteiger partial charge in [-0.3, -0.25) is 0 Å². The number of furan rings is 1. The standard InChI is InChI=1S/C17H18N2O3/c1-10-11(5-15-6-14(9-22-15)17(20)21)2-3-16(18-10)19-7-12-4-13(12)8-19/h2-3,6,9,12-13H,4-5,7-8H2,1H3,(H,20,21). The first-order chi connectivity index (χ1) is 10.6. The SMILES string of the molecule is Cc1nc(N2CC3CC3C2)ccc1Cc1cc(C(=O)O)co1. The molecule has 0 bridgehead atoms. The number of carboxylic acid groups (broad SMARTS) is 1. The Morgan fingerprint density at radius 2 is 2.18 bits per heavy atom. The lowest BCUT2D eigenvalue weighted by Gasteiger charge is -2.20. The van der Waals surface area contributed by atoms with Crippen LogP contribution in [0.25, 0.3) is 0 Å². The van der Waals surface area contributed by atoms with Gasteiger partial charge in [0, 0.05) is 25.2 Å². The highest BCUT2D eigenvalue weighted by molar-refractivity contribution is 5.87. The summed E-state index contributed by atoms with van der Waals surface area (Å²) < 4.78 is 5.32. The van der Waals surface area contributed by atoms with E-state index in [1.165, 1.54) is 12.7 Å². The zero-order valence-electron chi connectivity index (χ0n) is 12.5. The van der Waals surface area contributed by atoms with E-state index in [1.54, 1.807) is 6.07 Å². The Kier molecular flexibility index (Phi) is 2.96. The number of nitrogens with zero attached hydrogens (tertiary/aromatic N) is 2. The number of aromatic nitrogens is 1. The lowest BCUT2D eigenvalue weighted by molar-refractivity contribution is 0.0696. The maximum atomic E-state index is 10.9. The first-order valence-corrected chi connectivity index (χ1v) is 7.62. The average molecular weight is 298 g/mol. The number of carbonyl (C=O) groups is 1. The van der Waals surface area contributed by atoms with E-state index in [0.717, 1.165) is 42.0 Å². The van der Waals surface area contributed by atoms with E-state index < -0.39 is 5.97 Å². The van der Waals surface area contributed by atoms with Crippen LogP contribution in [0.5, 0.6) is 0 Å². The number of piperidine rings is 1. The van der Waals surface area contributed by atoms with Gasteiger partial charge in [-0.05, 0) is 42.9 Å². The Morgan fingerprint density at radius 3 is 2.82 bits per heavy atom. The molecule has 2 aromatic heterocycles. The number of anilines is 1. The number of rotatable bonds is 4. The predicted molar refractivity (Wildman–Crippen MR) is 81.3 cm³/mol. The van der Waals surface area contributed by atoms with Crippen LogP contribution in [0.3, 0.4) is 0 Å².